The lowest BCUT2D eigenvalue weighted by Crippen LogP contribution is -2.17. The summed E-state index contributed by atoms with van der Waals surface area (Å²) in [5, 5.41) is 10.2. The maximum Gasteiger partial charge on any atom is 0.252 e. The van der Waals surface area contributed by atoms with Crippen molar-refractivity contribution in [2.45, 2.75) is 6.10 Å². The largest absolute Gasteiger partial charge is 0.490 e. The van der Waals surface area contributed by atoms with Crippen LogP contribution in [0.5, 0.6) is 5.75 Å². The fourth-order valence-electron chi connectivity index (χ4n) is 1.90. The van der Waals surface area contributed by atoms with Gasteiger partial charge in [0.05, 0.1) is 11.1 Å². The highest BCUT2D eigenvalue weighted by Crippen LogP contribution is 2.25. The molecule has 0 aliphatic carbocycles. The smallest absolute Gasteiger partial charge is 0.252 e. The summed E-state index contributed by atoms with van der Waals surface area (Å²) >= 11 is 5.75. The fraction of sp³-hybridized carbons (Fsp3) is 0.133. The summed E-state index contributed by atoms with van der Waals surface area (Å²) < 4.78 is 32.3. The van der Waals surface area contributed by atoms with Crippen LogP contribution >= 0.6 is 11.6 Å². The maximum atomic E-state index is 13.5. The Balaban J connectivity index is 2.18. The van der Waals surface area contributed by atoms with E-state index in [0.717, 1.165) is 12.1 Å². The van der Waals surface area contributed by atoms with Gasteiger partial charge in [0.15, 0.2) is 0 Å². The number of primary amides is 1. The van der Waals surface area contributed by atoms with Crippen molar-refractivity contribution >= 4 is 17.5 Å². The average molecular weight is 328 g/mol. The molecule has 2 aromatic carbocycles. The molecule has 0 spiro atoms. The molecule has 116 valence electrons. The molecule has 22 heavy (non-hydrogen) atoms. The van der Waals surface area contributed by atoms with E-state index in [1.54, 1.807) is 0 Å². The van der Waals surface area contributed by atoms with Gasteiger partial charge in [-0.25, -0.2) is 8.78 Å². The molecule has 2 rings (SSSR count). The highest BCUT2D eigenvalue weighted by atomic mass is 35.5. The molecule has 0 unspecified atom stereocenters. The number of aliphatic hydroxyl groups excluding tert-OH is 1. The average Bonchev–Trinajstić information content (AvgIpc) is 2.45. The monoisotopic (exact) mass is 327 g/mol. The number of halogens is 3. The molecular formula is C15H12ClF2NO3. The third-order valence-corrected chi connectivity index (χ3v) is 3.17. The van der Waals surface area contributed by atoms with E-state index in [1.165, 1.54) is 24.3 Å². The van der Waals surface area contributed by atoms with Crippen LogP contribution in [0.4, 0.5) is 8.78 Å². The first-order chi connectivity index (χ1) is 10.4. The molecule has 0 aromatic heterocycles. The minimum atomic E-state index is -1.54. The molecule has 4 nitrogen and oxygen atoms in total. The maximum absolute atomic E-state index is 13.5. The molecule has 7 heteroatoms. The zero-order valence-corrected chi connectivity index (χ0v) is 12.0. The van der Waals surface area contributed by atoms with Crippen LogP contribution in [0.3, 0.4) is 0 Å². The van der Waals surface area contributed by atoms with Gasteiger partial charge < -0.3 is 15.6 Å². The van der Waals surface area contributed by atoms with Crippen molar-refractivity contribution in [2.75, 3.05) is 6.61 Å². The Morgan fingerprint density at radius 2 is 1.91 bits per heavy atom. The second kappa shape index (κ2) is 6.72. The van der Waals surface area contributed by atoms with Gasteiger partial charge in [0, 0.05) is 5.02 Å². The highest BCUT2D eigenvalue weighted by molar-refractivity contribution is 6.31. The number of amides is 1. The number of rotatable bonds is 5. The molecule has 0 aliphatic heterocycles. The Hall–Kier alpha value is -2.18. The summed E-state index contributed by atoms with van der Waals surface area (Å²) in [6.45, 7) is -0.459. The van der Waals surface area contributed by atoms with Crippen LogP contribution in [-0.2, 0) is 0 Å². The number of aliphatic hydroxyl groups is 1. The number of benzene rings is 2. The zero-order chi connectivity index (χ0) is 16.3. The van der Waals surface area contributed by atoms with Crippen LogP contribution in [0.2, 0.25) is 5.02 Å². The number of carbonyl (C=O) groups excluding carboxylic acids is 1. The Bertz CT molecular complexity index is 689. The van der Waals surface area contributed by atoms with Crippen LogP contribution in [-0.4, -0.2) is 17.6 Å². The Morgan fingerprint density at radius 3 is 2.50 bits per heavy atom. The van der Waals surface area contributed by atoms with Gasteiger partial charge in [-0.05, 0) is 30.3 Å². The normalized spacial score (nSPS) is 12.0. The van der Waals surface area contributed by atoms with Crippen LogP contribution in [0, 0.1) is 11.6 Å². The second-order valence-electron chi connectivity index (χ2n) is 4.47. The molecular weight excluding hydrogens is 316 g/mol. The van der Waals surface area contributed by atoms with E-state index in [9.17, 15) is 18.7 Å². The zero-order valence-electron chi connectivity index (χ0n) is 11.2. The van der Waals surface area contributed by atoms with Crippen molar-refractivity contribution in [3.05, 3.63) is 64.2 Å². The lowest BCUT2D eigenvalue weighted by atomic mass is 10.1. The van der Waals surface area contributed by atoms with Gasteiger partial charge in [-0.2, -0.15) is 0 Å². The summed E-state index contributed by atoms with van der Waals surface area (Å²) in [5.74, 6) is -2.48. The molecule has 0 aliphatic rings. The summed E-state index contributed by atoms with van der Waals surface area (Å²) in [6, 6.07) is 7.38. The van der Waals surface area contributed by atoms with Crippen LogP contribution in [0.15, 0.2) is 36.4 Å². The van der Waals surface area contributed by atoms with Crippen molar-refractivity contribution in [1.82, 2.24) is 0 Å². The lowest BCUT2D eigenvalue weighted by Gasteiger charge is -2.15. The number of hydrogen-bond acceptors (Lipinski definition) is 3. The Labute approximate surface area is 130 Å². The van der Waals surface area contributed by atoms with Gasteiger partial charge in [0.2, 0.25) is 0 Å². The van der Waals surface area contributed by atoms with E-state index in [1.807, 2.05) is 0 Å². The summed E-state index contributed by atoms with van der Waals surface area (Å²) in [7, 11) is 0. The molecule has 1 atom stereocenters. The Kier molecular flexibility index (Phi) is 4.95. The standard InChI is InChI=1S/C15H12ClF2NO3/c16-8-4-5-13(9(6-8)15(19)21)22-7-12(20)14-10(17)2-1-3-11(14)18/h1-6,12,20H,7H2,(H2,19,21)/t12-/m0/s1. The SMILES string of the molecule is NC(=O)c1cc(Cl)ccc1OC[C@H](O)c1c(F)cccc1F. The van der Waals surface area contributed by atoms with Crippen molar-refractivity contribution < 1.29 is 23.4 Å². The first-order valence-electron chi connectivity index (χ1n) is 6.24. The van der Waals surface area contributed by atoms with Crippen molar-refractivity contribution in [3.63, 3.8) is 0 Å². The molecule has 0 saturated heterocycles. The molecule has 0 fully saturated rings. The molecule has 0 radical (unpaired) electrons. The first kappa shape index (κ1) is 16.2. The number of hydrogen-bond donors (Lipinski definition) is 2. The van der Waals surface area contributed by atoms with Gasteiger partial charge in [-0.15, -0.1) is 0 Å². The first-order valence-corrected chi connectivity index (χ1v) is 6.62. The van der Waals surface area contributed by atoms with E-state index >= 15 is 0 Å². The molecule has 2 aromatic rings. The molecule has 0 bridgehead atoms. The van der Waals surface area contributed by atoms with E-state index in [4.69, 9.17) is 22.1 Å². The van der Waals surface area contributed by atoms with E-state index in [0.29, 0.717) is 0 Å². The van der Waals surface area contributed by atoms with Gasteiger partial charge in [-0.1, -0.05) is 17.7 Å². The van der Waals surface area contributed by atoms with Gasteiger partial charge >= 0.3 is 0 Å². The van der Waals surface area contributed by atoms with Gasteiger partial charge in [0.1, 0.15) is 30.1 Å². The van der Waals surface area contributed by atoms with Crippen LogP contribution in [0.25, 0.3) is 0 Å². The quantitative estimate of drug-likeness (QED) is 0.887. The third-order valence-electron chi connectivity index (χ3n) is 2.94. The topological polar surface area (TPSA) is 72.6 Å². The minimum absolute atomic E-state index is 0.00806. The van der Waals surface area contributed by atoms with Crippen molar-refractivity contribution in [2.24, 2.45) is 5.73 Å². The second-order valence-corrected chi connectivity index (χ2v) is 4.90. The predicted molar refractivity (Wildman–Crippen MR) is 76.8 cm³/mol. The predicted octanol–water partition coefficient (Wildman–Crippen LogP) is 2.83. The third kappa shape index (κ3) is 3.52. The van der Waals surface area contributed by atoms with Crippen molar-refractivity contribution in [3.8, 4) is 5.75 Å². The highest BCUT2D eigenvalue weighted by Gasteiger charge is 2.19. The van der Waals surface area contributed by atoms with Gasteiger partial charge in [-0.3, -0.25) is 4.79 Å². The molecule has 0 saturated carbocycles. The fourth-order valence-corrected chi connectivity index (χ4v) is 2.07. The number of carbonyl (C=O) groups is 1. The lowest BCUT2D eigenvalue weighted by molar-refractivity contribution is 0.0946. The molecule has 3 N–H and O–H groups in total. The van der Waals surface area contributed by atoms with Crippen molar-refractivity contribution in [1.29, 1.82) is 0 Å². The summed E-state index contributed by atoms with van der Waals surface area (Å²) in [5.41, 5.74) is 4.69. The molecule has 0 heterocycles. The molecule has 1 amide bonds. The van der Waals surface area contributed by atoms with E-state index in [-0.39, 0.29) is 16.3 Å². The van der Waals surface area contributed by atoms with E-state index < -0.39 is 35.8 Å². The van der Waals surface area contributed by atoms with E-state index in [2.05, 4.69) is 0 Å². The number of nitrogens with two attached hydrogens (primary N) is 1. The summed E-state index contributed by atoms with van der Waals surface area (Å²) in [4.78, 5) is 11.3. The Morgan fingerprint density at radius 1 is 1.27 bits per heavy atom. The van der Waals surface area contributed by atoms with Crippen LogP contribution in [0.1, 0.15) is 22.0 Å². The van der Waals surface area contributed by atoms with Gasteiger partial charge in [0.25, 0.3) is 5.91 Å². The number of ether oxygens (including phenoxy) is 1. The van der Waals surface area contributed by atoms with Crippen LogP contribution < -0.4 is 10.5 Å². The minimum Gasteiger partial charge on any atom is -0.490 e. The summed E-state index contributed by atoms with van der Waals surface area (Å²) in [6.07, 6.45) is -1.54.